The van der Waals surface area contributed by atoms with Crippen LogP contribution in [0, 0.1) is 13.8 Å². The molecule has 9 heteroatoms. The first-order valence-electron chi connectivity index (χ1n) is 5.72. The van der Waals surface area contributed by atoms with Gasteiger partial charge in [-0.05, 0) is 60.3 Å². The third-order valence-electron chi connectivity index (χ3n) is 2.43. The summed E-state index contributed by atoms with van der Waals surface area (Å²) in [4.78, 5) is 0.677. The maximum absolute atomic E-state index is 10.3. The molecule has 23 heavy (non-hydrogen) atoms. The third kappa shape index (κ3) is 10.6. The van der Waals surface area contributed by atoms with Crippen LogP contribution in [0.3, 0.4) is 0 Å². The number of hydrogen-bond donors (Lipinski definition) is 0. The molecule has 124 valence electrons. The Kier molecular flexibility index (Phi) is 16.0. The number of aryl methyl sites for hydroxylation is 2. The van der Waals surface area contributed by atoms with E-state index in [1.807, 2.05) is 13.8 Å². The molecule has 0 fully saturated rings. The van der Waals surface area contributed by atoms with Gasteiger partial charge < -0.3 is 20.1 Å². The van der Waals surface area contributed by atoms with Crippen LogP contribution < -0.4 is 0 Å². The molecule has 0 aliphatic rings. The van der Waals surface area contributed by atoms with Crippen molar-refractivity contribution in [2.24, 2.45) is 0 Å². The van der Waals surface area contributed by atoms with Crippen LogP contribution in [0.2, 0.25) is 0 Å². The Bertz CT molecular complexity index is 546. The molecular formula is C14H20O6S2Zn+2. The van der Waals surface area contributed by atoms with Crippen molar-refractivity contribution < 1.29 is 48.0 Å². The van der Waals surface area contributed by atoms with Crippen molar-refractivity contribution >= 4 is 22.2 Å². The zero-order chi connectivity index (χ0) is 15.1. The molecule has 0 aromatic heterocycles. The minimum Gasteiger partial charge on any atom is -0.768 e. The summed E-state index contributed by atoms with van der Waals surface area (Å²) in [6.45, 7) is 3.83. The van der Waals surface area contributed by atoms with Gasteiger partial charge >= 0.3 is 19.5 Å². The maximum atomic E-state index is 10.3. The summed E-state index contributed by atoms with van der Waals surface area (Å²) in [5.74, 6) is 0. The summed E-state index contributed by atoms with van der Waals surface area (Å²) >= 11 is -4.17. The summed E-state index contributed by atoms with van der Waals surface area (Å²) in [5.41, 5.74) is 2.13. The predicted molar refractivity (Wildman–Crippen MR) is 86.5 cm³/mol. The van der Waals surface area contributed by atoms with Gasteiger partial charge in [0.15, 0.2) is 0 Å². The minimum absolute atomic E-state index is 0. The fourth-order valence-electron chi connectivity index (χ4n) is 1.30. The van der Waals surface area contributed by atoms with Crippen LogP contribution in [-0.2, 0) is 52.6 Å². The average molecular weight is 414 g/mol. The van der Waals surface area contributed by atoms with Crippen LogP contribution in [0.1, 0.15) is 11.1 Å². The molecule has 2 rings (SSSR count). The van der Waals surface area contributed by atoms with Crippen LogP contribution in [0.5, 0.6) is 0 Å². The molecule has 2 atom stereocenters. The van der Waals surface area contributed by atoms with Crippen molar-refractivity contribution in [1.82, 2.24) is 0 Å². The fourth-order valence-corrected chi connectivity index (χ4v) is 2.02. The largest absolute Gasteiger partial charge is 2.00 e. The Labute approximate surface area is 153 Å². The monoisotopic (exact) mass is 412 g/mol. The van der Waals surface area contributed by atoms with Crippen molar-refractivity contribution in [3.05, 3.63) is 59.7 Å². The molecule has 6 N–H and O–H groups in total. The molecule has 0 saturated heterocycles. The molecule has 2 unspecified atom stereocenters. The van der Waals surface area contributed by atoms with E-state index >= 15 is 0 Å². The molecule has 0 heterocycles. The standard InChI is InChI=1S/2C7H8O2S.2H2O.Zn/c2*1-6-2-4-7(5-3-6)10(8)9;;;/h2*2-5H,1H3,(H,8,9);2*1H2;/q;;;;+2. The van der Waals surface area contributed by atoms with Gasteiger partial charge in [0.25, 0.3) is 0 Å². The SMILES string of the molecule is Cc1ccc(S(=O)[O-])cc1.Cc1ccc(S(=O)[O-])cc1.[OH3+].[OH3+].[Zn+2]. The summed E-state index contributed by atoms with van der Waals surface area (Å²) in [7, 11) is 0. The molecule has 6 nitrogen and oxygen atoms in total. The number of hydrogen-bond acceptors (Lipinski definition) is 4. The Morgan fingerprint density at radius 2 is 0.870 bits per heavy atom. The van der Waals surface area contributed by atoms with Gasteiger partial charge in [-0.15, -0.1) is 0 Å². The van der Waals surface area contributed by atoms with Gasteiger partial charge in [0.1, 0.15) is 0 Å². The van der Waals surface area contributed by atoms with Crippen molar-refractivity contribution in [3.8, 4) is 0 Å². The normalized spacial score (nSPS) is 11.3. The van der Waals surface area contributed by atoms with Gasteiger partial charge in [-0.3, -0.25) is 8.42 Å². The second-order valence-corrected chi connectivity index (χ2v) is 5.98. The zero-order valence-electron chi connectivity index (χ0n) is 12.9. The van der Waals surface area contributed by atoms with Crippen LogP contribution in [0.25, 0.3) is 0 Å². The summed E-state index contributed by atoms with van der Waals surface area (Å²) in [6, 6.07) is 13.4. The van der Waals surface area contributed by atoms with Gasteiger partial charge in [-0.1, -0.05) is 35.4 Å². The van der Waals surface area contributed by atoms with Gasteiger partial charge in [-0.25, -0.2) is 0 Å². The van der Waals surface area contributed by atoms with Gasteiger partial charge in [0.05, 0.1) is 0 Å². The Balaban J connectivity index is -0.000000308. The average Bonchev–Trinajstić information content (AvgIpc) is 2.40. The Morgan fingerprint density at radius 3 is 1.04 bits per heavy atom. The summed E-state index contributed by atoms with van der Waals surface area (Å²) in [6.07, 6.45) is 0. The molecule has 0 bridgehead atoms. The quantitative estimate of drug-likeness (QED) is 0.403. The van der Waals surface area contributed by atoms with Crippen LogP contribution in [0.15, 0.2) is 58.3 Å². The molecule has 0 aliphatic carbocycles. The molecule has 2 aromatic carbocycles. The van der Waals surface area contributed by atoms with Crippen molar-refractivity contribution in [2.75, 3.05) is 0 Å². The van der Waals surface area contributed by atoms with E-state index in [2.05, 4.69) is 0 Å². The zero-order valence-corrected chi connectivity index (χ0v) is 17.5. The fraction of sp³-hybridized carbons (Fsp3) is 0.143. The first-order chi connectivity index (χ1) is 9.40. The third-order valence-corrected chi connectivity index (χ3v) is 3.74. The molecule has 0 aliphatic heterocycles. The van der Waals surface area contributed by atoms with Crippen LogP contribution >= 0.6 is 0 Å². The molecule has 2 aromatic rings. The second-order valence-electron chi connectivity index (χ2n) is 4.10. The van der Waals surface area contributed by atoms with E-state index in [0.717, 1.165) is 11.1 Å². The van der Waals surface area contributed by atoms with E-state index in [4.69, 9.17) is 0 Å². The van der Waals surface area contributed by atoms with E-state index in [9.17, 15) is 17.5 Å². The topological polar surface area (TPSA) is 146 Å². The molecule has 0 radical (unpaired) electrons. The van der Waals surface area contributed by atoms with Crippen LogP contribution in [0.4, 0.5) is 0 Å². The predicted octanol–water partition coefficient (Wildman–Crippen LogP) is 0.620. The number of rotatable bonds is 2. The smallest absolute Gasteiger partial charge is 0.768 e. The Morgan fingerprint density at radius 1 is 0.652 bits per heavy atom. The van der Waals surface area contributed by atoms with Gasteiger partial charge in [0, 0.05) is 9.79 Å². The summed E-state index contributed by atoms with van der Waals surface area (Å²) < 4.78 is 41.2. The number of benzene rings is 2. The summed E-state index contributed by atoms with van der Waals surface area (Å²) in [5, 5.41) is 0. The first kappa shape index (κ1) is 27.1. The minimum atomic E-state index is -2.09. The van der Waals surface area contributed by atoms with Crippen molar-refractivity contribution in [1.29, 1.82) is 0 Å². The molecule has 0 saturated carbocycles. The molecule has 0 spiro atoms. The first-order valence-corrected chi connectivity index (χ1v) is 7.87. The molecular weight excluding hydrogens is 394 g/mol. The van der Waals surface area contributed by atoms with E-state index in [0.29, 0.717) is 9.79 Å². The van der Waals surface area contributed by atoms with Gasteiger partial charge in [-0.2, -0.15) is 0 Å². The molecule has 0 amide bonds. The van der Waals surface area contributed by atoms with E-state index < -0.39 is 22.2 Å². The van der Waals surface area contributed by atoms with E-state index in [1.165, 1.54) is 0 Å². The van der Waals surface area contributed by atoms with E-state index in [1.54, 1.807) is 48.5 Å². The van der Waals surface area contributed by atoms with E-state index in [-0.39, 0.29) is 30.4 Å². The maximum Gasteiger partial charge on any atom is 2.00 e. The van der Waals surface area contributed by atoms with Crippen molar-refractivity contribution in [2.45, 2.75) is 23.6 Å². The second kappa shape index (κ2) is 13.6. The van der Waals surface area contributed by atoms with Gasteiger partial charge in [0.2, 0.25) is 0 Å². The van der Waals surface area contributed by atoms with Crippen molar-refractivity contribution in [3.63, 3.8) is 0 Å². The Hall–Kier alpha value is -0.797. The van der Waals surface area contributed by atoms with Crippen LogP contribution in [-0.4, -0.2) is 17.5 Å².